The molecule has 0 aliphatic heterocycles. The first kappa shape index (κ1) is 14.0. The van der Waals surface area contributed by atoms with Crippen LogP contribution in [0, 0.1) is 6.92 Å². The fourth-order valence-electron chi connectivity index (χ4n) is 1.89. The average Bonchev–Trinajstić information content (AvgIpc) is 2.44. The molecule has 2 aromatic rings. The summed E-state index contributed by atoms with van der Waals surface area (Å²) in [6.45, 7) is 2.21. The third kappa shape index (κ3) is 3.13. The van der Waals surface area contributed by atoms with Crippen LogP contribution in [0.2, 0.25) is 0 Å². The van der Waals surface area contributed by atoms with Crippen molar-refractivity contribution in [3.8, 4) is 0 Å². The number of nitrogens with zero attached hydrogens (tertiary/aromatic N) is 1. The van der Waals surface area contributed by atoms with Crippen molar-refractivity contribution < 1.29 is 9.53 Å². The molecule has 1 aromatic heterocycles. The summed E-state index contributed by atoms with van der Waals surface area (Å²) in [6, 6.07) is 9.12. The van der Waals surface area contributed by atoms with Crippen LogP contribution in [0.3, 0.4) is 0 Å². The first-order chi connectivity index (χ1) is 9.61. The summed E-state index contributed by atoms with van der Waals surface area (Å²) in [5, 5.41) is 2.87. The number of pyridine rings is 1. The standard InChI is InChI=1S/C15H17N3O2/c1-10-13(7-12(16)8-17-10)15(19)18-14-6-4-3-5-11(14)9-20-2/h3-8H,9,16H2,1-2H3,(H,18,19). The Morgan fingerprint density at radius 3 is 2.90 bits per heavy atom. The van der Waals surface area contributed by atoms with Gasteiger partial charge in [-0.15, -0.1) is 0 Å². The van der Waals surface area contributed by atoms with Crippen LogP contribution in [0.5, 0.6) is 0 Å². The highest BCUT2D eigenvalue weighted by atomic mass is 16.5. The second-order valence-electron chi connectivity index (χ2n) is 4.45. The lowest BCUT2D eigenvalue weighted by molar-refractivity contribution is 0.102. The molecule has 1 amide bonds. The molecule has 5 nitrogen and oxygen atoms in total. The SMILES string of the molecule is COCc1ccccc1NC(=O)c1cc(N)cnc1C. The Kier molecular flexibility index (Phi) is 4.32. The number of nitrogens with one attached hydrogen (secondary N) is 1. The topological polar surface area (TPSA) is 77.2 Å². The zero-order valence-electron chi connectivity index (χ0n) is 11.5. The van der Waals surface area contributed by atoms with Gasteiger partial charge in [-0.1, -0.05) is 18.2 Å². The van der Waals surface area contributed by atoms with Crippen molar-refractivity contribution in [2.75, 3.05) is 18.2 Å². The Balaban J connectivity index is 2.26. The van der Waals surface area contributed by atoms with E-state index in [1.54, 1.807) is 20.1 Å². The second-order valence-corrected chi connectivity index (χ2v) is 4.45. The highest BCUT2D eigenvalue weighted by Crippen LogP contribution is 2.18. The van der Waals surface area contributed by atoms with Crippen LogP contribution in [-0.4, -0.2) is 18.0 Å². The van der Waals surface area contributed by atoms with Gasteiger partial charge in [0, 0.05) is 18.4 Å². The highest BCUT2D eigenvalue weighted by molar-refractivity contribution is 6.05. The summed E-state index contributed by atoms with van der Waals surface area (Å²) >= 11 is 0. The molecule has 0 aliphatic rings. The van der Waals surface area contributed by atoms with Crippen molar-refractivity contribution >= 4 is 17.3 Å². The van der Waals surface area contributed by atoms with Gasteiger partial charge in [-0.05, 0) is 19.1 Å². The number of rotatable bonds is 4. The highest BCUT2D eigenvalue weighted by Gasteiger charge is 2.12. The van der Waals surface area contributed by atoms with E-state index in [0.29, 0.717) is 23.6 Å². The number of ether oxygens (including phenoxy) is 1. The predicted molar refractivity (Wildman–Crippen MR) is 78.5 cm³/mol. The fraction of sp³-hybridized carbons (Fsp3) is 0.200. The number of aromatic nitrogens is 1. The first-order valence-corrected chi connectivity index (χ1v) is 6.22. The molecule has 0 saturated heterocycles. The second kappa shape index (κ2) is 6.16. The number of anilines is 2. The Morgan fingerprint density at radius 1 is 1.40 bits per heavy atom. The van der Waals surface area contributed by atoms with Gasteiger partial charge in [0.05, 0.1) is 29.7 Å². The first-order valence-electron chi connectivity index (χ1n) is 6.22. The van der Waals surface area contributed by atoms with Crippen molar-refractivity contribution in [3.63, 3.8) is 0 Å². The van der Waals surface area contributed by atoms with E-state index in [1.165, 1.54) is 6.20 Å². The Labute approximate surface area is 117 Å². The molecule has 0 bridgehead atoms. The molecule has 3 N–H and O–H groups in total. The molecular weight excluding hydrogens is 254 g/mol. The van der Waals surface area contributed by atoms with E-state index >= 15 is 0 Å². The molecule has 104 valence electrons. The molecule has 20 heavy (non-hydrogen) atoms. The van der Waals surface area contributed by atoms with E-state index in [1.807, 2.05) is 24.3 Å². The van der Waals surface area contributed by atoms with Gasteiger partial charge in [0.15, 0.2) is 0 Å². The molecule has 0 aliphatic carbocycles. The van der Waals surface area contributed by atoms with Crippen molar-refractivity contribution in [2.24, 2.45) is 0 Å². The van der Waals surface area contributed by atoms with Crippen molar-refractivity contribution in [3.05, 3.63) is 53.3 Å². The number of nitrogens with two attached hydrogens (primary N) is 1. The molecule has 0 fully saturated rings. The largest absolute Gasteiger partial charge is 0.397 e. The lowest BCUT2D eigenvalue weighted by Gasteiger charge is -2.11. The summed E-state index contributed by atoms with van der Waals surface area (Å²) in [5.74, 6) is -0.231. The van der Waals surface area contributed by atoms with Crippen LogP contribution >= 0.6 is 0 Å². The molecule has 0 saturated carbocycles. The van der Waals surface area contributed by atoms with Crippen LogP contribution in [0.4, 0.5) is 11.4 Å². The summed E-state index contributed by atoms with van der Waals surface area (Å²) in [5.41, 5.74) is 8.88. The minimum atomic E-state index is -0.231. The minimum absolute atomic E-state index is 0.231. The zero-order chi connectivity index (χ0) is 14.5. The van der Waals surface area contributed by atoms with E-state index in [2.05, 4.69) is 10.3 Å². The predicted octanol–water partition coefficient (Wildman–Crippen LogP) is 2.37. The molecule has 0 unspecified atom stereocenters. The maximum atomic E-state index is 12.3. The molecule has 0 atom stereocenters. The number of carbonyl (C=O) groups excluding carboxylic acids is 1. The Bertz CT molecular complexity index is 626. The summed E-state index contributed by atoms with van der Waals surface area (Å²) in [7, 11) is 1.62. The maximum Gasteiger partial charge on any atom is 0.257 e. The van der Waals surface area contributed by atoms with E-state index in [4.69, 9.17) is 10.5 Å². The molecule has 1 aromatic carbocycles. The van der Waals surface area contributed by atoms with Crippen LogP contribution in [0.1, 0.15) is 21.6 Å². The third-order valence-electron chi connectivity index (χ3n) is 2.92. The summed E-state index contributed by atoms with van der Waals surface area (Å²) in [4.78, 5) is 16.4. The summed E-state index contributed by atoms with van der Waals surface area (Å²) in [6.07, 6.45) is 1.53. The van der Waals surface area contributed by atoms with Crippen LogP contribution in [-0.2, 0) is 11.3 Å². The van der Waals surface area contributed by atoms with Crippen molar-refractivity contribution in [1.82, 2.24) is 4.98 Å². The molecule has 0 spiro atoms. The smallest absolute Gasteiger partial charge is 0.257 e. The van der Waals surface area contributed by atoms with Crippen molar-refractivity contribution in [2.45, 2.75) is 13.5 Å². The lowest BCUT2D eigenvalue weighted by atomic mass is 10.1. The summed E-state index contributed by atoms with van der Waals surface area (Å²) < 4.78 is 5.12. The number of carbonyl (C=O) groups is 1. The number of aryl methyl sites for hydroxylation is 1. The van der Waals surface area contributed by atoms with Crippen molar-refractivity contribution in [1.29, 1.82) is 0 Å². The molecule has 2 rings (SSSR count). The average molecular weight is 271 g/mol. The van der Waals surface area contributed by atoms with Gasteiger partial charge in [-0.25, -0.2) is 0 Å². The van der Waals surface area contributed by atoms with Crippen LogP contribution in [0.25, 0.3) is 0 Å². The minimum Gasteiger partial charge on any atom is -0.397 e. The zero-order valence-corrected chi connectivity index (χ0v) is 11.5. The normalized spacial score (nSPS) is 10.3. The van der Waals surface area contributed by atoms with Gasteiger partial charge < -0.3 is 15.8 Å². The fourth-order valence-corrected chi connectivity index (χ4v) is 1.89. The third-order valence-corrected chi connectivity index (χ3v) is 2.92. The van der Waals surface area contributed by atoms with Gasteiger partial charge in [0.1, 0.15) is 0 Å². The van der Waals surface area contributed by atoms with Gasteiger partial charge in [0.25, 0.3) is 5.91 Å². The molecular formula is C15H17N3O2. The lowest BCUT2D eigenvalue weighted by Crippen LogP contribution is -2.15. The van der Waals surface area contributed by atoms with Gasteiger partial charge >= 0.3 is 0 Å². The van der Waals surface area contributed by atoms with E-state index < -0.39 is 0 Å². The van der Waals surface area contributed by atoms with Crippen LogP contribution < -0.4 is 11.1 Å². The quantitative estimate of drug-likeness (QED) is 0.895. The Hall–Kier alpha value is -2.40. The van der Waals surface area contributed by atoms with Gasteiger partial charge in [-0.3, -0.25) is 9.78 Å². The number of para-hydroxylation sites is 1. The van der Waals surface area contributed by atoms with E-state index in [0.717, 1.165) is 11.3 Å². The number of nitrogen functional groups attached to an aromatic ring is 1. The molecule has 0 radical (unpaired) electrons. The van der Waals surface area contributed by atoms with Gasteiger partial charge in [-0.2, -0.15) is 0 Å². The Morgan fingerprint density at radius 2 is 2.15 bits per heavy atom. The number of benzene rings is 1. The molecule has 1 heterocycles. The maximum absolute atomic E-state index is 12.3. The van der Waals surface area contributed by atoms with Gasteiger partial charge in [0.2, 0.25) is 0 Å². The van der Waals surface area contributed by atoms with E-state index in [9.17, 15) is 4.79 Å². The molecule has 5 heteroatoms. The number of methoxy groups -OCH3 is 1. The number of hydrogen-bond donors (Lipinski definition) is 2. The monoisotopic (exact) mass is 271 g/mol. The van der Waals surface area contributed by atoms with E-state index in [-0.39, 0.29) is 5.91 Å². The number of hydrogen-bond acceptors (Lipinski definition) is 4. The number of amides is 1. The van der Waals surface area contributed by atoms with Crippen LogP contribution in [0.15, 0.2) is 36.5 Å².